The maximum atomic E-state index is 5.72. The van der Waals surface area contributed by atoms with Gasteiger partial charge in [0, 0.05) is 12.6 Å². The van der Waals surface area contributed by atoms with Crippen LogP contribution in [0.25, 0.3) is 0 Å². The highest BCUT2D eigenvalue weighted by molar-refractivity contribution is 5.06. The van der Waals surface area contributed by atoms with Gasteiger partial charge in [-0.3, -0.25) is 4.90 Å². The van der Waals surface area contributed by atoms with Crippen LogP contribution in [-0.2, 0) is 0 Å². The lowest BCUT2D eigenvalue weighted by molar-refractivity contribution is 0.165. The topological polar surface area (TPSA) is 28.4 Å². The van der Waals surface area contributed by atoms with E-state index in [0.717, 1.165) is 24.1 Å². The van der Waals surface area contributed by atoms with Crippen LogP contribution in [0.3, 0.4) is 0 Å². The Hall–Kier alpha value is -0.800. The molecule has 1 aromatic heterocycles. The number of nitrogens with one attached hydrogen (secondary N) is 1. The second-order valence-electron chi connectivity index (χ2n) is 7.09. The number of likely N-dealkylation sites (tertiary alicyclic amines) is 1. The molecular weight excluding hydrogens is 260 g/mol. The average molecular weight is 290 g/mol. The predicted octanol–water partition coefficient (Wildman–Crippen LogP) is 3.83. The van der Waals surface area contributed by atoms with E-state index in [-0.39, 0.29) is 0 Å². The standard InChI is InChI=1S/C18H30N2O/c1-14-7-5-8-15(2)18(14)19-13-16(17-9-6-12-21-17)20-10-3-4-11-20/h6,9,12,14-16,18-19H,3-5,7-8,10-11,13H2,1-2H3. The Kier molecular flexibility index (Phi) is 5.02. The van der Waals surface area contributed by atoms with E-state index >= 15 is 0 Å². The normalized spacial score (nSPS) is 32.4. The summed E-state index contributed by atoms with van der Waals surface area (Å²) in [5.41, 5.74) is 0. The highest BCUT2D eigenvalue weighted by Crippen LogP contribution is 2.30. The van der Waals surface area contributed by atoms with Crippen LogP contribution in [0.15, 0.2) is 22.8 Å². The molecule has 1 saturated carbocycles. The van der Waals surface area contributed by atoms with Crippen LogP contribution in [0.5, 0.6) is 0 Å². The number of rotatable bonds is 5. The molecule has 1 saturated heterocycles. The highest BCUT2D eigenvalue weighted by Gasteiger charge is 2.30. The molecule has 3 heteroatoms. The fourth-order valence-corrected chi connectivity index (χ4v) is 4.28. The third kappa shape index (κ3) is 3.51. The van der Waals surface area contributed by atoms with Crippen molar-refractivity contribution in [3.63, 3.8) is 0 Å². The second kappa shape index (κ2) is 6.97. The minimum atomic E-state index is 0.406. The van der Waals surface area contributed by atoms with Crippen molar-refractivity contribution in [2.24, 2.45) is 11.8 Å². The zero-order valence-electron chi connectivity index (χ0n) is 13.6. The van der Waals surface area contributed by atoms with Crippen LogP contribution in [0.1, 0.15) is 57.8 Å². The zero-order valence-corrected chi connectivity index (χ0v) is 13.6. The molecule has 2 aliphatic rings. The molecule has 0 radical (unpaired) electrons. The molecule has 3 rings (SSSR count). The molecular formula is C18H30N2O. The SMILES string of the molecule is CC1CCCC(C)C1NCC(c1ccco1)N1CCCC1. The first-order valence-electron chi connectivity index (χ1n) is 8.76. The highest BCUT2D eigenvalue weighted by atomic mass is 16.3. The summed E-state index contributed by atoms with van der Waals surface area (Å²) in [5.74, 6) is 2.72. The van der Waals surface area contributed by atoms with Crippen molar-refractivity contribution in [3.05, 3.63) is 24.2 Å². The Balaban J connectivity index is 1.64. The molecule has 118 valence electrons. The van der Waals surface area contributed by atoms with Crippen LogP contribution in [-0.4, -0.2) is 30.6 Å². The van der Waals surface area contributed by atoms with E-state index < -0.39 is 0 Å². The summed E-state index contributed by atoms with van der Waals surface area (Å²) < 4.78 is 5.72. The molecule has 2 fully saturated rings. The first kappa shape index (κ1) is 15.1. The summed E-state index contributed by atoms with van der Waals surface area (Å²) in [6, 6.07) is 5.23. The Labute approximate surface area is 129 Å². The van der Waals surface area contributed by atoms with Crippen LogP contribution < -0.4 is 5.32 Å². The molecule has 1 N–H and O–H groups in total. The summed E-state index contributed by atoms with van der Waals surface area (Å²) in [6.07, 6.45) is 8.60. The molecule has 0 spiro atoms. The van der Waals surface area contributed by atoms with Gasteiger partial charge in [0.2, 0.25) is 0 Å². The van der Waals surface area contributed by atoms with Crippen molar-refractivity contribution in [1.29, 1.82) is 0 Å². The number of hydrogen-bond acceptors (Lipinski definition) is 3. The quantitative estimate of drug-likeness (QED) is 0.893. The minimum Gasteiger partial charge on any atom is -0.468 e. The molecule has 0 bridgehead atoms. The van der Waals surface area contributed by atoms with E-state index in [1.165, 1.54) is 45.2 Å². The van der Waals surface area contributed by atoms with Gasteiger partial charge in [-0.05, 0) is 62.7 Å². The second-order valence-corrected chi connectivity index (χ2v) is 7.09. The molecule has 1 aliphatic carbocycles. The third-order valence-electron chi connectivity index (χ3n) is 5.54. The molecule has 0 amide bonds. The van der Waals surface area contributed by atoms with Crippen molar-refractivity contribution in [3.8, 4) is 0 Å². The summed E-state index contributed by atoms with van der Waals surface area (Å²) in [6.45, 7) is 8.26. The van der Waals surface area contributed by atoms with Gasteiger partial charge in [0.25, 0.3) is 0 Å². The van der Waals surface area contributed by atoms with Crippen molar-refractivity contribution in [2.75, 3.05) is 19.6 Å². The van der Waals surface area contributed by atoms with Gasteiger partial charge in [0.05, 0.1) is 12.3 Å². The largest absolute Gasteiger partial charge is 0.468 e. The van der Waals surface area contributed by atoms with E-state index in [1.54, 1.807) is 0 Å². The van der Waals surface area contributed by atoms with Crippen molar-refractivity contribution in [2.45, 2.75) is 58.0 Å². The number of furan rings is 1. The van der Waals surface area contributed by atoms with Gasteiger partial charge >= 0.3 is 0 Å². The fraction of sp³-hybridized carbons (Fsp3) is 0.778. The smallest absolute Gasteiger partial charge is 0.122 e. The Morgan fingerprint density at radius 3 is 2.52 bits per heavy atom. The van der Waals surface area contributed by atoms with E-state index in [9.17, 15) is 0 Å². The van der Waals surface area contributed by atoms with Crippen LogP contribution in [0.4, 0.5) is 0 Å². The van der Waals surface area contributed by atoms with E-state index in [2.05, 4.69) is 30.1 Å². The lowest BCUT2D eigenvalue weighted by Gasteiger charge is -2.37. The van der Waals surface area contributed by atoms with E-state index in [4.69, 9.17) is 4.42 Å². The molecule has 2 heterocycles. The average Bonchev–Trinajstić information content (AvgIpc) is 3.15. The first-order chi connectivity index (χ1) is 10.3. The minimum absolute atomic E-state index is 0.406. The molecule has 3 unspecified atom stereocenters. The van der Waals surface area contributed by atoms with Gasteiger partial charge in [-0.25, -0.2) is 0 Å². The Morgan fingerprint density at radius 2 is 1.90 bits per heavy atom. The van der Waals surface area contributed by atoms with Crippen molar-refractivity contribution in [1.82, 2.24) is 10.2 Å². The van der Waals surface area contributed by atoms with Gasteiger partial charge < -0.3 is 9.73 Å². The van der Waals surface area contributed by atoms with Crippen LogP contribution in [0, 0.1) is 11.8 Å². The molecule has 1 aliphatic heterocycles. The van der Waals surface area contributed by atoms with Crippen molar-refractivity contribution < 1.29 is 4.42 Å². The van der Waals surface area contributed by atoms with E-state index in [1.807, 2.05) is 12.3 Å². The van der Waals surface area contributed by atoms with Crippen LogP contribution >= 0.6 is 0 Å². The lowest BCUT2D eigenvalue weighted by Crippen LogP contribution is -2.46. The monoisotopic (exact) mass is 290 g/mol. The molecule has 0 aromatic carbocycles. The maximum Gasteiger partial charge on any atom is 0.122 e. The number of hydrogen-bond donors (Lipinski definition) is 1. The third-order valence-corrected chi connectivity index (χ3v) is 5.54. The van der Waals surface area contributed by atoms with Gasteiger partial charge in [-0.2, -0.15) is 0 Å². The maximum absolute atomic E-state index is 5.72. The zero-order chi connectivity index (χ0) is 14.7. The molecule has 3 atom stereocenters. The van der Waals surface area contributed by atoms with Gasteiger partial charge in [-0.15, -0.1) is 0 Å². The predicted molar refractivity (Wildman–Crippen MR) is 86.2 cm³/mol. The lowest BCUT2D eigenvalue weighted by atomic mass is 9.78. The van der Waals surface area contributed by atoms with E-state index in [0.29, 0.717) is 12.1 Å². The summed E-state index contributed by atoms with van der Waals surface area (Å²) in [4.78, 5) is 2.59. The van der Waals surface area contributed by atoms with Crippen LogP contribution in [0.2, 0.25) is 0 Å². The Bertz CT molecular complexity index is 401. The van der Waals surface area contributed by atoms with Gasteiger partial charge in [0.15, 0.2) is 0 Å². The molecule has 3 nitrogen and oxygen atoms in total. The summed E-state index contributed by atoms with van der Waals surface area (Å²) >= 11 is 0. The first-order valence-corrected chi connectivity index (χ1v) is 8.76. The fourth-order valence-electron chi connectivity index (χ4n) is 4.28. The summed E-state index contributed by atoms with van der Waals surface area (Å²) in [5, 5.41) is 3.88. The van der Waals surface area contributed by atoms with Gasteiger partial charge in [0.1, 0.15) is 5.76 Å². The summed E-state index contributed by atoms with van der Waals surface area (Å²) in [7, 11) is 0. The molecule has 21 heavy (non-hydrogen) atoms. The Morgan fingerprint density at radius 1 is 1.19 bits per heavy atom. The van der Waals surface area contributed by atoms with Crippen molar-refractivity contribution >= 4 is 0 Å². The van der Waals surface area contributed by atoms with Gasteiger partial charge in [-0.1, -0.05) is 20.3 Å². The number of nitrogens with zero attached hydrogens (tertiary/aromatic N) is 1. The molecule has 1 aromatic rings.